The first-order valence-electron chi connectivity index (χ1n) is 8.69. The smallest absolute Gasteiger partial charge is 0.274 e. The van der Waals surface area contributed by atoms with Crippen molar-refractivity contribution < 1.29 is 14.4 Å². The molecular formula is C20H23N3O3. The van der Waals surface area contributed by atoms with Gasteiger partial charge in [-0.05, 0) is 41.3 Å². The molecule has 6 nitrogen and oxygen atoms in total. The predicted molar refractivity (Wildman–Crippen MR) is 99.4 cm³/mol. The maximum absolute atomic E-state index is 12.5. The van der Waals surface area contributed by atoms with Crippen LogP contribution in [0.1, 0.15) is 41.4 Å². The number of carbonyl (C=O) groups is 2. The minimum Gasteiger partial charge on any atom is -0.324 e. The Kier molecular flexibility index (Phi) is 5.65. The SMILES string of the molecule is CC(C)CONC(=O)c1ccc(NC(=O)C2NCc3ccccc32)cc1. The third-order valence-electron chi connectivity index (χ3n) is 4.12. The second kappa shape index (κ2) is 8.12. The van der Waals surface area contributed by atoms with E-state index in [1.807, 2.05) is 38.1 Å². The topological polar surface area (TPSA) is 79.5 Å². The number of carbonyl (C=O) groups excluding carboxylic acids is 2. The van der Waals surface area contributed by atoms with Gasteiger partial charge in [-0.1, -0.05) is 38.1 Å². The Morgan fingerprint density at radius 1 is 1.15 bits per heavy atom. The van der Waals surface area contributed by atoms with E-state index in [0.29, 0.717) is 30.3 Å². The van der Waals surface area contributed by atoms with Gasteiger partial charge >= 0.3 is 0 Å². The van der Waals surface area contributed by atoms with E-state index in [2.05, 4.69) is 16.1 Å². The van der Waals surface area contributed by atoms with Gasteiger partial charge in [0.15, 0.2) is 0 Å². The highest BCUT2D eigenvalue weighted by Crippen LogP contribution is 2.26. The van der Waals surface area contributed by atoms with Crippen molar-refractivity contribution >= 4 is 17.5 Å². The Labute approximate surface area is 152 Å². The molecule has 1 aliphatic heterocycles. The summed E-state index contributed by atoms with van der Waals surface area (Å²) in [6.07, 6.45) is 0. The van der Waals surface area contributed by atoms with E-state index in [1.54, 1.807) is 24.3 Å². The van der Waals surface area contributed by atoms with E-state index < -0.39 is 0 Å². The first-order valence-corrected chi connectivity index (χ1v) is 8.69. The average Bonchev–Trinajstić information content (AvgIpc) is 3.06. The fourth-order valence-electron chi connectivity index (χ4n) is 2.78. The molecule has 2 aromatic rings. The highest BCUT2D eigenvalue weighted by atomic mass is 16.6. The lowest BCUT2D eigenvalue weighted by atomic mass is 10.0. The third-order valence-corrected chi connectivity index (χ3v) is 4.12. The number of hydrogen-bond donors (Lipinski definition) is 3. The zero-order valence-electron chi connectivity index (χ0n) is 14.9. The zero-order chi connectivity index (χ0) is 18.5. The van der Waals surface area contributed by atoms with Crippen LogP contribution in [0.25, 0.3) is 0 Å². The van der Waals surface area contributed by atoms with Crippen LogP contribution in [-0.2, 0) is 16.2 Å². The molecule has 2 amide bonds. The number of rotatable bonds is 6. The van der Waals surface area contributed by atoms with Crippen LogP contribution in [-0.4, -0.2) is 18.4 Å². The summed E-state index contributed by atoms with van der Waals surface area (Å²) in [5.74, 6) is -0.0930. The molecular weight excluding hydrogens is 330 g/mol. The molecule has 2 aromatic carbocycles. The number of anilines is 1. The van der Waals surface area contributed by atoms with Gasteiger partial charge in [-0.15, -0.1) is 0 Å². The van der Waals surface area contributed by atoms with E-state index >= 15 is 0 Å². The third kappa shape index (κ3) is 4.28. The summed E-state index contributed by atoms with van der Waals surface area (Å²) in [6, 6.07) is 14.2. The first kappa shape index (κ1) is 18.1. The van der Waals surface area contributed by atoms with Crippen molar-refractivity contribution in [3.63, 3.8) is 0 Å². The minimum absolute atomic E-state index is 0.118. The zero-order valence-corrected chi connectivity index (χ0v) is 14.9. The van der Waals surface area contributed by atoms with Crippen LogP contribution in [0.4, 0.5) is 5.69 Å². The number of hydrogen-bond acceptors (Lipinski definition) is 4. The first-order chi connectivity index (χ1) is 12.5. The van der Waals surface area contributed by atoms with Crippen molar-refractivity contribution in [1.82, 2.24) is 10.8 Å². The molecule has 6 heteroatoms. The number of amides is 2. The van der Waals surface area contributed by atoms with Crippen molar-refractivity contribution in [3.05, 3.63) is 65.2 Å². The average molecular weight is 353 g/mol. The molecule has 1 atom stereocenters. The highest BCUT2D eigenvalue weighted by Gasteiger charge is 2.27. The molecule has 0 radical (unpaired) electrons. The Morgan fingerprint density at radius 3 is 2.62 bits per heavy atom. The molecule has 1 unspecified atom stereocenters. The molecule has 26 heavy (non-hydrogen) atoms. The summed E-state index contributed by atoms with van der Waals surface area (Å²) in [5, 5.41) is 6.10. The fraction of sp³-hybridized carbons (Fsp3) is 0.300. The van der Waals surface area contributed by atoms with E-state index in [4.69, 9.17) is 4.84 Å². The Balaban J connectivity index is 1.58. The predicted octanol–water partition coefficient (Wildman–Crippen LogP) is 2.79. The minimum atomic E-state index is -0.362. The van der Waals surface area contributed by atoms with E-state index in [9.17, 15) is 9.59 Å². The van der Waals surface area contributed by atoms with Crippen LogP contribution in [0.5, 0.6) is 0 Å². The molecule has 1 heterocycles. The van der Waals surface area contributed by atoms with Gasteiger partial charge < -0.3 is 5.32 Å². The molecule has 0 aliphatic carbocycles. The lowest BCUT2D eigenvalue weighted by Crippen LogP contribution is -2.28. The molecule has 0 aromatic heterocycles. The van der Waals surface area contributed by atoms with E-state index in [-0.39, 0.29) is 17.9 Å². The number of hydroxylamine groups is 1. The molecule has 1 aliphatic rings. The quantitative estimate of drug-likeness (QED) is 0.698. The van der Waals surface area contributed by atoms with E-state index in [0.717, 1.165) is 11.1 Å². The molecule has 136 valence electrons. The van der Waals surface area contributed by atoms with Crippen molar-refractivity contribution in [2.75, 3.05) is 11.9 Å². The van der Waals surface area contributed by atoms with Gasteiger partial charge in [0, 0.05) is 17.8 Å². The number of nitrogens with one attached hydrogen (secondary N) is 3. The fourth-order valence-corrected chi connectivity index (χ4v) is 2.78. The Hall–Kier alpha value is -2.70. The Bertz CT molecular complexity index is 787. The van der Waals surface area contributed by atoms with Crippen LogP contribution in [0, 0.1) is 5.92 Å². The van der Waals surface area contributed by atoms with Crippen molar-refractivity contribution in [1.29, 1.82) is 0 Å². The lowest BCUT2D eigenvalue weighted by molar-refractivity contribution is -0.118. The van der Waals surface area contributed by atoms with E-state index in [1.165, 1.54) is 0 Å². The summed E-state index contributed by atoms with van der Waals surface area (Å²) in [7, 11) is 0. The van der Waals surface area contributed by atoms with Crippen molar-refractivity contribution in [2.24, 2.45) is 5.92 Å². The monoisotopic (exact) mass is 353 g/mol. The normalized spacial score (nSPS) is 15.6. The van der Waals surface area contributed by atoms with Gasteiger partial charge in [-0.25, -0.2) is 5.48 Å². The maximum atomic E-state index is 12.5. The summed E-state index contributed by atoms with van der Waals surface area (Å²) in [6.45, 7) is 5.14. The van der Waals surface area contributed by atoms with Gasteiger partial charge in [0.05, 0.1) is 6.61 Å². The summed E-state index contributed by atoms with van der Waals surface area (Å²) < 4.78 is 0. The highest BCUT2D eigenvalue weighted by molar-refractivity contribution is 5.97. The Morgan fingerprint density at radius 2 is 1.88 bits per heavy atom. The number of fused-ring (bicyclic) bond motifs is 1. The molecule has 0 bridgehead atoms. The van der Waals surface area contributed by atoms with Crippen LogP contribution < -0.4 is 16.1 Å². The van der Waals surface area contributed by atoms with Gasteiger partial charge in [-0.3, -0.25) is 19.7 Å². The molecule has 0 fully saturated rings. The summed E-state index contributed by atoms with van der Waals surface area (Å²) in [4.78, 5) is 29.6. The van der Waals surface area contributed by atoms with Crippen molar-refractivity contribution in [3.8, 4) is 0 Å². The lowest BCUT2D eigenvalue weighted by Gasteiger charge is -2.13. The molecule has 0 saturated heterocycles. The van der Waals surface area contributed by atoms with Crippen LogP contribution in [0.3, 0.4) is 0 Å². The van der Waals surface area contributed by atoms with Crippen LogP contribution in [0.15, 0.2) is 48.5 Å². The summed E-state index contributed by atoms with van der Waals surface area (Å²) >= 11 is 0. The van der Waals surface area contributed by atoms with Crippen LogP contribution in [0.2, 0.25) is 0 Å². The van der Waals surface area contributed by atoms with Gasteiger partial charge in [-0.2, -0.15) is 0 Å². The second-order valence-electron chi connectivity index (χ2n) is 6.72. The van der Waals surface area contributed by atoms with Crippen molar-refractivity contribution in [2.45, 2.75) is 26.4 Å². The molecule has 3 rings (SSSR count). The summed E-state index contributed by atoms with van der Waals surface area (Å²) in [5.41, 5.74) is 5.66. The number of benzene rings is 2. The molecule has 3 N–H and O–H groups in total. The van der Waals surface area contributed by atoms with Gasteiger partial charge in [0.1, 0.15) is 6.04 Å². The molecule has 0 saturated carbocycles. The standard InChI is InChI=1S/C20H23N3O3/c1-13(2)12-26-23-19(24)14-7-9-16(10-8-14)22-20(25)18-17-6-4-3-5-15(17)11-21-18/h3-10,13,18,21H,11-12H2,1-2H3,(H,22,25)(H,23,24). The van der Waals surface area contributed by atoms with Gasteiger partial charge in [0.2, 0.25) is 5.91 Å². The maximum Gasteiger partial charge on any atom is 0.274 e. The largest absolute Gasteiger partial charge is 0.324 e. The second-order valence-corrected chi connectivity index (χ2v) is 6.72. The molecule has 0 spiro atoms. The van der Waals surface area contributed by atoms with Crippen LogP contribution >= 0.6 is 0 Å². The van der Waals surface area contributed by atoms with Gasteiger partial charge in [0.25, 0.3) is 5.91 Å².